The Balaban J connectivity index is 3.01. The molecule has 1 aromatic rings. The van der Waals surface area contributed by atoms with E-state index in [9.17, 15) is 0 Å². The molecule has 1 heterocycles. The van der Waals surface area contributed by atoms with Gasteiger partial charge in [0.1, 0.15) is 6.07 Å². The number of hydrogen-bond donors (Lipinski definition) is 1. The van der Waals surface area contributed by atoms with Crippen LogP contribution in [0.2, 0.25) is 0 Å². The van der Waals surface area contributed by atoms with Crippen molar-refractivity contribution in [2.45, 2.75) is 18.6 Å². The minimum Gasteiger partial charge on any atom is -0.454 e. The molecule has 0 aliphatic carbocycles. The monoisotopic (exact) mass is 167 g/mol. The molecule has 58 valence electrons. The standard InChI is InChI=1S/C8H9NOS/c1-8(2,11)6-3-7(4-9)10-5-6/h3,5,11H,1-2H3. The maximum absolute atomic E-state index is 8.45. The average Bonchev–Trinajstić information content (AvgIpc) is 2.32. The molecule has 0 fully saturated rings. The molecule has 1 rings (SSSR count). The van der Waals surface area contributed by atoms with Crippen molar-refractivity contribution in [2.75, 3.05) is 0 Å². The summed E-state index contributed by atoms with van der Waals surface area (Å²) in [5, 5.41) is 8.45. The van der Waals surface area contributed by atoms with Crippen LogP contribution < -0.4 is 0 Å². The van der Waals surface area contributed by atoms with Gasteiger partial charge in [-0.25, -0.2) is 0 Å². The van der Waals surface area contributed by atoms with E-state index in [4.69, 9.17) is 9.68 Å². The molecule has 2 nitrogen and oxygen atoms in total. The number of hydrogen-bond acceptors (Lipinski definition) is 3. The molecule has 0 aromatic carbocycles. The van der Waals surface area contributed by atoms with Crippen molar-refractivity contribution in [3.05, 3.63) is 23.7 Å². The second-order valence-corrected chi connectivity index (χ2v) is 3.99. The quantitative estimate of drug-likeness (QED) is 0.652. The Labute approximate surface area is 71.2 Å². The van der Waals surface area contributed by atoms with E-state index in [0.29, 0.717) is 5.76 Å². The molecule has 0 bridgehead atoms. The minimum atomic E-state index is -0.238. The van der Waals surface area contributed by atoms with Gasteiger partial charge in [0.15, 0.2) is 0 Å². The zero-order chi connectivity index (χ0) is 8.48. The lowest BCUT2D eigenvalue weighted by molar-refractivity contribution is 0.546. The van der Waals surface area contributed by atoms with Gasteiger partial charge in [-0.3, -0.25) is 0 Å². The van der Waals surface area contributed by atoms with Crippen molar-refractivity contribution in [3.8, 4) is 6.07 Å². The molecule has 0 spiro atoms. The van der Waals surface area contributed by atoms with Gasteiger partial charge in [0.05, 0.1) is 6.26 Å². The fraction of sp³-hybridized carbons (Fsp3) is 0.375. The largest absolute Gasteiger partial charge is 0.454 e. The van der Waals surface area contributed by atoms with Crippen molar-refractivity contribution >= 4 is 12.6 Å². The highest BCUT2D eigenvalue weighted by molar-refractivity contribution is 7.81. The minimum absolute atomic E-state index is 0.238. The molecule has 0 amide bonds. The number of nitrogens with zero attached hydrogens (tertiary/aromatic N) is 1. The third-order valence-electron chi connectivity index (χ3n) is 1.42. The fourth-order valence-electron chi connectivity index (χ4n) is 0.716. The first kappa shape index (κ1) is 8.22. The summed E-state index contributed by atoms with van der Waals surface area (Å²) in [6.45, 7) is 3.89. The normalized spacial score (nSPS) is 11.1. The van der Waals surface area contributed by atoms with Crippen LogP contribution >= 0.6 is 12.6 Å². The Bertz CT molecular complexity index is 290. The van der Waals surface area contributed by atoms with Crippen LogP contribution in [0.4, 0.5) is 0 Å². The van der Waals surface area contributed by atoms with Crippen LogP contribution in [0, 0.1) is 11.3 Å². The van der Waals surface area contributed by atoms with Crippen molar-refractivity contribution in [1.29, 1.82) is 5.26 Å². The average molecular weight is 167 g/mol. The van der Waals surface area contributed by atoms with Crippen LogP contribution in [0.5, 0.6) is 0 Å². The fourth-order valence-corrected chi connectivity index (χ4v) is 0.833. The van der Waals surface area contributed by atoms with Gasteiger partial charge in [-0.1, -0.05) is 0 Å². The summed E-state index contributed by atoms with van der Waals surface area (Å²) in [6.07, 6.45) is 1.56. The molecule has 0 unspecified atom stereocenters. The van der Waals surface area contributed by atoms with Gasteiger partial charge in [-0.05, 0) is 19.9 Å². The third-order valence-corrected chi connectivity index (χ3v) is 1.67. The summed E-state index contributed by atoms with van der Waals surface area (Å²) in [4.78, 5) is 0. The van der Waals surface area contributed by atoms with E-state index in [1.165, 1.54) is 0 Å². The lowest BCUT2D eigenvalue weighted by Crippen LogP contribution is -2.05. The van der Waals surface area contributed by atoms with E-state index < -0.39 is 0 Å². The lowest BCUT2D eigenvalue weighted by atomic mass is 10.1. The lowest BCUT2D eigenvalue weighted by Gasteiger charge is -2.13. The molecule has 1 aromatic heterocycles. The summed E-state index contributed by atoms with van der Waals surface area (Å²) < 4.78 is 4.69. The highest BCUT2D eigenvalue weighted by Crippen LogP contribution is 2.28. The SMILES string of the molecule is CC(C)(S)c1coc(C#N)c1. The molecule has 0 aliphatic heterocycles. The summed E-state index contributed by atoms with van der Waals surface area (Å²) in [6, 6.07) is 3.62. The van der Waals surface area contributed by atoms with Crippen molar-refractivity contribution < 1.29 is 4.42 Å². The van der Waals surface area contributed by atoms with E-state index in [2.05, 4.69) is 12.6 Å². The number of nitriles is 1. The summed E-state index contributed by atoms with van der Waals surface area (Å²) in [5.41, 5.74) is 0.928. The highest BCUT2D eigenvalue weighted by atomic mass is 32.1. The van der Waals surface area contributed by atoms with Crippen LogP contribution in [0.15, 0.2) is 16.7 Å². The van der Waals surface area contributed by atoms with Crippen LogP contribution in [-0.2, 0) is 4.75 Å². The molecule has 0 saturated carbocycles. The Kier molecular flexibility index (Phi) is 1.97. The van der Waals surface area contributed by atoms with E-state index in [-0.39, 0.29) is 4.75 Å². The third kappa shape index (κ3) is 1.78. The smallest absolute Gasteiger partial charge is 0.203 e. The van der Waals surface area contributed by atoms with Gasteiger partial charge >= 0.3 is 0 Å². The summed E-state index contributed by atoms with van der Waals surface area (Å²) >= 11 is 4.33. The van der Waals surface area contributed by atoms with Crippen LogP contribution in [0.25, 0.3) is 0 Å². The van der Waals surface area contributed by atoms with Gasteiger partial charge in [0.2, 0.25) is 5.76 Å². The highest BCUT2D eigenvalue weighted by Gasteiger charge is 2.17. The topological polar surface area (TPSA) is 36.9 Å². The predicted octanol–water partition coefficient (Wildman–Crippen LogP) is 2.32. The first-order valence-electron chi connectivity index (χ1n) is 3.25. The Morgan fingerprint density at radius 3 is 2.55 bits per heavy atom. The molecule has 3 heteroatoms. The summed E-state index contributed by atoms with van der Waals surface area (Å²) in [7, 11) is 0. The van der Waals surface area contributed by atoms with Crippen LogP contribution in [0.1, 0.15) is 25.2 Å². The first-order chi connectivity index (χ1) is 5.04. The Morgan fingerprint density at radius 2 is 2.27 bits per heavy atom. The molecule has 0 atom stereocenters. The Hall–Kier alpha value is -0.880. The van der Waals surface area contributed by atoms with E-state index in [1.807, 2.05) is 19.9 Å². The van der Waals surface area contributed by atoms with Gasteiger partial charge in [0.25, 0.3) is 0 Å². The first-order valence-corrected chi connectivity index (χ1v) is 3.70. The molecule has 0 radical (unpaired) electrons. The van der Waals surface area contributed by atoms with Gasteiger partial charge in [-0.2, -0.15) is 17.9 Å². The van der Waals surface area contributed by atoms with E-state index >= 15 is 0 Å². The predicted molar refractivity (Wildman–Crippen MR) is 45.4 cm³/mol. The second kappa shape index (κ2) is 2.63. The molecule has 0 saturated heterocycles. The maximum Gasteiger partial charge on any atom is 0.203 e. The zero-order valence-electron chi connectivity index (χ0n) is 6.46. The number of furan rings is 1. The van der Waals surface area contributed by atoms with Gasteiger partial charge < -0.3 is 4.42 Å². The van der Waals surface area contributed by atoms with Crippen LogP contribution in [-0.4, -0.2) is 0 Å². The number of thiol groups is 1. The zero-order valence-corrected chi connectivity index (χ0v) is 7.35. The van der Waals surface area contributed by atoms with E-state index in [0.717, 1.165) is 5.56 Å². The number of rotatable bonds is 1. The molecular weight excluding hydrogens is 158 g/mol. The molecule has 0 N–H and O–H groups in total. The molecular formula is C8H9NOS. The van der Waals surface area contributed by atoms with Crippen LogP contribution in [0.3, 0.4) is 0 Å². The second-order valence-electron chi connectivity index (χ2n) is 2.87. The molecule has 11 heavy (non-hydrogen) atoms. The van der Waals surface area contributed by atoms with Crippen molar-refractivity contribution in [3.63, 3.8) is 0 Å². The Morgan fingerprint density at radius 1 is 1.64 bits per heavy atom. The maximum atomic E-state index is 8.45. The van der Waals surface area contributed by atoms with Crippen molar-refractivity contribution in [2.24, 2.45) is 0 Å². The van der Waals surface area contributed by atoms with Gasteiger partial charge in [0, 0.05) is 10.3 Å². The molecule has 0 aliphatic rings. The summed E-state index contributed by atoms with van der Waals surface area (Å²) in [5.74, 6) is 0.335. The van der Waals surface area contributed by atoms with Gasteiger partial charge in [-0.15, -0.1) is 0 Å². The van der Waals surface area contributed by atoms with Crippen molar-refractivity contribution in [1.82, 2.24) is 0 Å². The van der Waals surface area contributed by atoms with E-state index in [1.54, 1.807) is 12.3 Å².